The van der Waals surface area contributed by atoms with E-state index in [-0.39, 0.29) is 5.84 Å². The highest BCUT2D eigenvalue weighted by Gasteiger charge is 2.12. The summed E-state index contributed by atoms with van der Waals surface area (Å²) in [6.07, 6.45) is 0. The summed E-state index contributed by atoms with van der Waals surface area (Å²) in [7, 11) is 0. The molecule has 0 aromatic carbocycles. The van der Waals surface area contributed by atoms with Crippen LogP contribution in [0, 0.1) is 5.41 Å². The van der Waals surface area contributed by atoms with Gasteiger partial charge < -0.3 is 9.64 Å². The van der Waals surface area contributed by atoms with Gasteiger partial charge in [0.05, 0.1) is 13.2 Å². The zero-order chi connectivity index (χ0) is 7.40. The molecule has 0 saturated carbocycles. The molecule has 10 heavy (non-hydrogen) atoms. The molecule has 3 nitrogen and oxygen atoms in total. The number of hydrogen-bond donors (Lipinski definition) is 1. The third kappa shape index (κ3) is 1.67. The molecule has 1 N–H and O–H groups in total. The molecular weight excluding hydrogens is 135 g/mol. The predicted molar refractivity (Wildman–Crippen MR) is 36.1 cm³/mol. The summed E-state index contributed by atoms with van der Waals surface area (Å²) in [4.78, 5) is 1.70. The molecule has 4 heteroatoms. The third-order valence-corrected chi connectivity index (χ3v) is 1.52. The van der Waals surface area contributed by atoms with Crippen molar-refractivity contribution < 1.29 is 9.13 Å². The van der Waals surface area contributed by atoms with Gasteiger partial charge in [0.2, 0.25) is 0 Å². The van der Waals surface area contributed by atoms with E-state index in [1.807, 2.05) is 0 Å². The molecule has 1 saturated heterocycles. The van der Waals surface area contributed by atoms with Crippen molar-refractivity contribution in [3.8, 4) is 0 Å². The fourth-order valence-corrected chi connectivity index (χ4v) is 0.918. The fourth-order valence-electron chi connectivity index (χ4n) is 0.918. The van der Waals surface area contributed by atoms with Gasteiger partial charge in [-0.15, -0.1) is 0 Å². The van der Waals surface area contributed by atoms with Crippen LogP contribution in [-0.4, -0.2) is 43.7 Å². The van der Waals surface area contributed by atoms with Crippen molar-refractivity contribution in [2.24, 2.45) is 0 Å². The Balaban J connectivity index is 2.31. The maximum Gasteiger partial charge on any atom is 0.146 e. The van der Waals surface area contributed by atoms with E-state index in [9.17, 15) is 4.39 Å². The molecule has 0 spiro atoms. The van der Waals surface area contributed by atoms with Gasteiger partial charge in [-0.3, -0.25) is 5.41 Å². The molecule has 0 aliphatic carbocycles. The first-order valence-electron chi connectivity index (χ1n) is 3.30. The molecule has 0 aromatic heterocycles. The standard InChI is InChI=1S/C6H11FN2O/c7-5-6(8)9-1-3-10-4-2-9/h8H,1-5H2. The first-order chi connectivity index (χ1) is 4.84. The Hall–Kier alpha value is -0.640. The molecule has 1 aliphatic heterocycles. The average molecular weight is 146 g/mol. The predicted octanol–water partition coefficient (Wildman–Crippen LogP) is 0.265. The smallest absolute Gasteiger partial charge is 0.146 e. The van der Waals surface area contributed by atoms with Crippen LogP contribution in [0.5, 0.6) is 0 Å². The molecule has 0 bridgehead atoms. The lowest BCUT2D eigenvalue weighted by molar-refractivity contribution is 0.0664. The highest BCUT2D eigenvalue weighted by molar-refractivity contribution is 5.80. The molecule has 1 aliphatic rings. The van der Waals surface area contributed by atoms with Crippen LogP contribution in [0.3, 0.4) is 0 Å². The number of hydrogen-bond acceptors (Lipinski definition) is 2. The lowest BCUT2D eigenvalue weighted by Crippen LogP contribution is -2.41. The minimum Gasteiger partial charge on any atom is -0.378 e. The number of rotatable bonds is 1. The first-order valence-corrected chi connectivity index (χ1v) is 3.30. The Labute approximate surface area is 59.3 Å². The van der Waals surface area contributed by atoms with Crippen LogP contribution >= 0.6 is 0 Å². The van der Waals surface area contributed by atoms with E-state index < -0.39 is 6.67 Å². The third-order valence-electron chi connectivity index (χ3n) is 1.52. The second kappa shape index (κ2) is 3.51. The Bertz CT molecular complexity index is 123. The van der Waals surface area contributed by atoms with Gasteiger partial charge in [0, 0.05) is 13.1 Å². The van der Waals surface area contributed by atoms with E-state index in [0.717, 1.165) is 0 Å². The van der Waals surface area contributed by atoms with Gasteiger partial charge in [0.15, 0.2) is 0 Å². The van der Waals surface area contributed by atoms with E-state index in [0.29, 0.717) is 26.3 Å². The zero-order valence-electron chi connectivity index (χ0n) is 5.77. The SMILES string of the molecule is N=C(CF)N1CCOCC1. The Morgan fingerprint density at radius 1 is 1.50 bits per heavy atom. The van der Waals surface area contributed by atoms with Gasteiger partial charge in [-0.05, 0) is 0 Å². The van der Waals surface area contributed by atoms with Crippen molar-refractivity contribution in [2.45, 2.75) is 0 Å². The molecule has 1 fully saturated rings. The normalized spacial score (nSPS) is 19.1. The van der Waals surface area contributed by atoms with Crippen LogP contribution in [0.2, 0.25) is 0 Å². The van der Waals surface area contributed by atoms with Crippen molar-refractivity contribution in [1.29, 1.82) is 5.41 Å². The summed E-state index contributed by atoms with van der Waals surface area (Å²) in [5.74, 6) is 0.0725. The maximum absolute atomic E-state index is 11.9. The summed E-state index contributed by atoms with van der Waals surface area (Å²) in [6.45, 7) is 1.87. The van der Waals surface area contributed by atoms with Crippen molar-refractivity contribution in [3.05, 3.63) is 0 Å². The lowest BCUT2D eigenvalue weighted by atomic mass is 10.4. The summed E-state index contributed by atoms with van der Waals surface area (Å²) in [6, 6.07) is 0. The number of morpholine rings is 1. The van der Waals surface area contributed by atoms with Gasteiger partial charge >= 0.3 is 0 Å². The molecule has 58 valence electrons. The van der Waals surface area contributed by atoms with Gasteiger partial charge in [0.25, 0.3) is 0 Å². The Kier molecular flexibility index (Phi) is 2.62. The van der Waals surface area contributed by atoms with Crippen LogP contribution in [0.25, 0.3) is 0 Å². The number of nitrogens with one attached hydrogen (secondary N) is 1. The maximum atomic E-state index is 11.9. The number of amidine groups is 1. The van der Waals surface area contributed by atoms with Crippen LogP contribution in [-0.2, 0) is 4.74 Å². The molecule has 0 unspecified atom stereocenters. The molecular formula is C6H11FN2O. The van der Waals surface area contributed by atoms with Crippen LogP contribution in [0.1, 0.15) is 0 Å². The highest BCUT2D eigenvalue weighted by atomic mass is 19.1. The van der Waals surface area contributed by atoms with E-state index in [1.54, 1.807) is 4.90 Å². The molecule has 0 amide bonds. The van der Waals surface area contributed by atoms with E-state index in [4.69, 9.17) is 10.1 Å². The van der Waals surface area contributed by atoms with Gasteiger partial charge in [-0.25, -0.2) is 4.39 Å². The second-order valence-electron chi connectivity index (χ2n) is 2.18. The monoisotopic (exact) mass is 146 g/mol. The summed E-state index contributed by atoms with van der Waals surface area (Å²) in [5.41, 5.74) is 0. The molecule has 1 rings (SSSR count). The van der Waals surface area contributed by atoms with Crippen LogP contribution in [0.15, 0.2) is 0 Å². The summed E-state index contributed by atoms with van der Waals surface area (Å²) < 4.78 is 16.9. The van der Waals surface area contributed by atoms with Crippen molar-refractivity contribution in [2.75, 3.05) is 33.0 Å². The van der Waals surface area contributed by atoms with Gasteiger partial charge in [0.1, 0.15) is 12.5 Å². The summed E-state index contributed by atoms with van der Waals surface area (Å²) in [5, 5.41) is 7.13. The largest absolute Gasteiger partial charge is 0.378 e. The minimum atomic E-state index is -0.667. The molecule has 0 radical (unpaired) electrons. The highest BCUT2D eigenvalue weighted by Crippen LogP contribution is 1.97. The van der Waals surface area contributed by atoms with Crippen molar-refractivity contribution in [1.82, 2.24) is 4.90 Å². The Morgan fingerprint density at radius 2 is 2.10 bits per heavy atom. The fraction of sp³-hybridized carbons (Fsp3) is 0.833. The minimum absolute atomic E-state index is 0.0725. The lowest BCUT2D eigenvalue weighted by Gasteiger charge is -2.27. The number of ether oxygens (including phenoxy) is 1. The van der Waals surface area contributed by atoms with E-state index in [2.05, 4.69) is 0 Å². The second-order valence-corrected chi connectivity index (χ2v) is 2.18. The molecule has 0 aromatic rings. The van der Waals surface area contributed by atoms with Crippen molar-refractivity contribution in [3.63, 3.8) is 0 Å². The average Bonchev–Trinajstić information content (AvgIpc) is 2.05. The van der Waals surface area contributed by atoms with Crippen LogP contribution < -0.4 is 0 Å². The Morgan fingerprint density at radius 3 is 2.60 bits per heavy atom. The van der Waals surface area contributed by atoms with Crippen molar-refractivity contribution >= 4 is 5.84 Å². The van der Waals surface area contributed by atoms with Gasteiger partial charge in [-0.2, -0.15) is 0 Å². The topological polar surface area (TPSA) is 36.3 Å². The number of nitrogens with zero attached hydrogens (tertiary/aromatic N) is 1. The quantitative estimate of drug-likeness (QED) is 0.425. The zero-order valence-corrected chi connectivity index (χ0v) is 5.77. The molecule has 0 atom stereocenters. The summed E-state index contributed by atoms with van der Waals surface area (Å²) >= 11 is 0. The number of alkyl halides is 1. The molecule has 1 heterocycles. The van der Waals surface area contributed by atoms with E-state index in [1.165, 1.54) is 0 Å². The first kappa shape index (κ1) is 7.47. The number of halogens is 1. The van der Waals surface area contributed by atoms with E-state index >= 15 is 0 Å². The van der Waals surface area contributed by atoms with Gasteiger partial charge in [-0.1, -0.05) is 0 Å². The van der Waals surface area contributed by atoms with Crippen LogP contribution in [0.4, 0.5) is 4.39 Å².